The molecular weight excluding hydrogens is 511 g/mol. The zero-order chi connectivity index (χ0) is 23.7. The number of hydrogen-bond acceptors (Lipinski definition) is 6. The molecule has 0 radical (unpaired) electrons. The largest absolute Gasteiger partial charge is 0.493 e. The second kappa shape index (κ2) is 9.48. The molecule has 0 unspecified atom stereocenters. The van der Waals surface area contributed by atoms with E-state index in [9.17, 15) is 9.18 Å². The number of fused-ring (bicyclic) bond motifs is 1. The zero-order valence-electron chi connectivity index (χ0n) is 18.1. The molecule has 2 aliphatic rings. The molecule has 0 bridgehead atoms. The number of nitrogens with zero attached hydrogens (tertiary/aromatic N) is 3. The highest BCUT2D eigenvalue weighted by Gasteiger charge is 2.36. The number of benzene rings is 2. The number of hydrogen-bond donors (Lipinski definition) is 1. The van der Waals surface area contributed by atoms with Gasteiger partial charge >= 0.3 is 0 Å². The third-order valence-electron chi connectivity index (χ3n) is 4.86. The Morgan fingerprint density at radius 1 is 1.30 bits per heavy atom. The number of thioether (sulfide) groups is 1. The maximum atomic E-state index is 13.9. The molecule has 170 valence electrons. The predicted octanol–water partition coefficient (Wildman–Crippen LogP) is 5.45. The maximum Gasteiger partial charge on any atom is 0.283 e. The van der Waals surface area contributed by atoms with Crippen LogP contribution in [0.2, 0.25) is 0 Å². The number of methoxy groups -OCH3 is 1. The molecule has 33 heavy (non-hydrogen) atoms. The lowest BCUT2D eigenvalue weighted by molar-refractivity contribution is -0.114. The van der Waals surface area contributed by atoms with Crippen molar-refractivity contribution >= 4 is 55.7 Å². The van der Waals surface area contributed by atoms with Gasteiger partial charge in [0, 0.05) is 11.5 Å². The fourth-order valence-electron chi connectivity index (χ4n) is 3.14. The molecule has 2 aromatic carbocycles. The number of halogens is 2. The predicted molar refractivity (Wildman–Crippen MR) is 131 cm³/mol. The minimum absolute atomic E-state index is 0.0194. The van der Waals surface area contributed by atoms with E-state index in [1.807, 2.05) is 13.8 Å². The molecule has 2 aliphatic heterocycles. The molecule has 1 N–H and O–H groups in total. The quantitative estimate of drug-likeness (QED) is 0.501. The number of hydrazone groups is 1. The number of rotatable bonds is 6. The minimum Gasteiger partial charge on any atom is -0.493 e. The Morgan fingerprint density at radius 3 is 2.76 bits per heavy atom. The van der Waals surface area contributed by atoms with Crippen LogP contribution >= 0.6 is 27.7 Å². The monoisotopic (exact) mass is 530 g/mol. The van der Waals surface area contributed by atoms with Crippen LogP contribution in [-0.4, -0.2) is 34.1 Å². The van der Waals surface area contributed by atoms with Crippen LogP contribution in [-0.2, 0) is 11.4 Å². The van der Waals surface area contributed by atoms with Gasteiger partial charge in [-0.3, -0.25) is 10.2 Å². The van der Waals surface area contributed by atoms with E-state index in [4.69, 9.17) is 14.9 Å². The van der Waals surface area contributed by atoms with Crippen LogP contribution in [0.5, 0.6) is 11.5 Å². The Kier molecular flexibility index (Phi) is 6.66. The lowest BCUT2D eigenvalue weighted by Crippen LogP contribution is -2.35. The summed E-state index contributed by atoms with van der Waals surface area (Å²) >= 11 is 4.76. The van der Waals surface area contributed by atoms with E-state index in [1.165, 1.54) is 29.9 Å². The third-order valence-corrected chi connectivity index (χ3v) is 6.65. The molecule has 7 nitrogen and oxygen atoms in total. The van der Waals surface area contributed by atoms with E-state index in [-0.39, 0.29) is 29.8 Å². The Hall–Kier alpha value is -2.98. The summed E-state index contributed by atoms with van der Waals surface area (Å²) in [6.07, 6.45) is 1.56. The van der Waals surface area contributed by atoms with Gasteiger partial charge in [-0.1, -0.05) is 32.0 Å². The third kappa shape index (κ3) is 4.72. The van der Waals surface area contributed by atoms with Gasteiger partial charge in [-0.15, -0.1) is 0 Å². The molecular formula is C23H20BrFN4O3S. The van der Waals surface area contributed by atoms with Crippen molar-refractivity contribution in [1.29, 1.82) is 5.41 Å². The molecule has 2 heterocycles. The van der Waals surface area contributed by atoms with Crippen molar-refractivity contribution in [3.63, 3.8) is 0 Å². The van der Waals surface area contributed by atoms with E-state index in [1.54, 1.807) is 36.4 Å². The standard InChI is InChI=1S/C23H20BrFN4O3S/c1-12(2)22-28-29-20(26)15(21(30)27-23(29)33-22)8-13-9-16(24)19(18(10-13)31-3)32-11-14-6-4-5-7-17(14)25/h4-10,12,26H,11H2,1-3H3/b15-8-,26-20?. The topological polar surface area (TPSA) is 87.3 Å². The molecule has 0 aromatic heterocycles. The highest BCUT2D eigenvalue weighted by molar-refractivity contribution is 9.10. The van der Waals surface area contributed by atoms with Gasteiger partial charge in [0.1, 0.15) is 17.5 Å². The summed E-state index contributed by atoms with van der Waals surface area (Å²) in [5.41, 5.74) is 1.13. The summed E-state index contributed by atoms with van der Waals surface area (Å²) in [5.74, 6) is 0.0538. The van der Waals surface area contributed by atoms with E-state index < -0.39 is 5.91 Å². The van der Waals surface area contributed by atoms with Crippen LogP contribution in [0.4, 0.5) is 4.39 Å². The Balaban J connectivity index is 1.62. The van der Waals surface area contributed by atoms with Gasteiger partial charge in [0.25, 0.3) is 5.91 Å². The van der Waals surface area contributed by atoms with E-state index in [0.717, 1.165) is 5.04 Å². The van der Waals surface area contributed by atoms with Crippen molar-refractivity contribution in [2.24, 2.45) is 16.0 Å². The van der Waals surface area contributed by atoms with Crippen molar-refractivity contribution in [2.45, 2.75) is 20.5 Å². The van der Waals surface area contributed by atoms with Gasteiger partial charge in [-0.05, 0) is 57.5 Å². The molecule has 0 atom stereocenters. The van der Waals surface area contributed by atoms with Crippen LogP contribution in [0.3, 0.4) is 0 Å². The number of ether oxygens (including phenoxy) is 2. The molecule has 1 amide bonds. The van der Waals surface area contributed by atoms with Gasteiger partial charge in [0.05, 0.1) is 17.2 Å². The maximum absolute atomic E-state index is 13.9. The van der Waals surface area contributed by atoms with Crippen LogP contribution < -0.4 is 9.47 Å². The number of carbonyl (C=O) groups excluding carboxylic acids is 1. The molecule has 10 heteroatoms. The number of aliphatic imine (C=N–C) groups is 1. The van der Waals surface area contributed by atoms with Crippen molar-refractivity contribution < 1.29 is 18.7 Å². The van der Waals surface area contributed by atoms with Gasteiger partial charge in [-0.2, -0.15) is 15.1 Å². The summed E-state index contributed by atoms with van der Waals surface area (Å²) in [6, 6.07) is 9.78. The van der Waals surface area contributed by atoms with E-state index >= 15 is 0 Å². The second-order valence-electron chi connectivity index (χ2n) is 7.53. The summed E-state index contributed by atoms with van der Waals surface area (Å²) in [6.45, 7) is 4.00. The van der Waals surface area contributed by atoms with Crippen LogP contribution in [0.15, 0.2) is 56.5 Å². The summed E-state index contributed by atoms with van der Waals surface area (Å²) in [7, 11) is 1.49. The fraction of sp³-hybridized carbons (Fsp3) is 0.217. The summed E-state index contributed by atoms with van der Waals surface area (Å²) in [4.78, 5) is 16.7. The summed E-state index contributed by atoms with van der Waals surface area (Å²) in [5, 5.41) is 15.5. The Morgan fingerprint density at radius 2 is 2.06 bits per heavy atom. The molecule has 2 aromatic rings. The Labute approximate surface area is 203 Å². The first-order valence-electron chi connectivity index (χ1n) is 10.0. The highest BCUT2D eigenvalue weighted by atomic mass is 79.9. The number of amidine groups is 2. The normalized spacial score (nSPS) is 16.8. The SMILES string of the molecule is COc1cc(/C=C2/C(=N)N3N=C(C(C)C)SC3=NC2=O)cc(Br)c1OCc1ccccc1F. The average Bonchev–Trinajstić information content (AvgIpc) is 3.21. The first-order chi connectivity index (χ1) is 15.8. The Bertz CT molecular complexity index is 1240. The van der Waals surface area contributed by atoms with Gasteiger partial charge in [-0.25, -0.2) is 4.39 Å². The van der Waals surface area contributed by atoms with Crippen molar-refractivity contribution in [2.75, 3.05) is 7.11 Å². The van der Waals surface area contributed by atoms with Crippen LogP contribution in [0, 0.1) is 17.1 Å². The first-order valence-corrected chi connectivity index (χ1v) is 11.6. The fourth-order valence-corrected chi connectivity index (χ4v) is 4.60. The van der Waals surface area contributed by atoms with Gasteiger partial charge in [0.15, 0.2) is 17.3 Å². The number of carbonyl (C=O) groups is 1. The first kappa shape index (κ1) is 23.2. The van der Waals surface area contributed by atoms with Crippen molar-refractivity contribution in [3.8, 4) is 11.5 Å². The molecule has 0 fully saturated rings. The lowest BCUT2D eigenvalue weighted by atomic mass is 10.1. The molecule has 0 spiro atoms. The zero-order valence-corrected chi connectivity index (χ0v) is 20.5. The lowest BCUT2D eigenvalue weighted by Gasteiger charge is -2.20. The number of nitrogens with one attached hydrogen (secondary N) is 1. The minimum atomic E-state index is -0.506. The van der Waals surface area contributed by atoms with Gasteiger partial charge < -0.3 is 9.47 Å². The van der Waals surface area contributed by atoms with Crippen molar-refractivity contribution in [3.05, 3.63) is 63.4 Å². The second-order valence-corrected chi connectivity index (χ2v) is 9.37. The molecule has 4 rings (SSSR count). The molecule has 0 aliphatic carbocycles. The van der Waals surface area contributed by atoms with Gasteiger partial charge in [0.2, 0.25) is 5.17 Å². The number of amides is 1. The van der Waals surface area contributed by atoms with Crippen LogP contribution in [0.25, 0.3) is 6.08 Å². The van der Waals surface area contributed by atoms with Crippen LogP contribution in [0.1, 0.15) is 25.0 Å². The highest BCUT2D eigenvalue weighted by Crippen LogP contribution is 2.38. The smallest absolute Gasteiger partial charge is 0.283 e. The molecule has 0 saturated heterocycles. The van der Waals surface area contributed by atoms with Crippen molar-refractivity contribution in [1.82, 2.24) is 5.01 Å². The summed E-state index contributed by atoms with van der Waals surface area (Å²) < 4.78 is 25.8. The average molecular weight is 531 g/mol. The van der Waals surface area contributed by atoms with E-state index in [2.05, 4.69) is 26.0 Å². The molecule has 0 saturated carbocycles. The van der Waals surface area contributed by atoms with E-state index in [0.29, 0.717) is 32.3 Å².